The molecule has 0 aliphatic carbocycles. The van der Waals surface area contributed by atoms with Crippen molar-refractivity contribution in [3.63, 3.8) is 0 Å². The van der Waals surface area contributed by atoms with Crippen molar-refractivity contribution in [1.29, 1.82) is 0 Å². The van der Waals surface area contributed by atoms with Gasteiger partial charge in [0.15, 0.2) is 5.82 Å². The van der Waals surface area contributed by atoms with Crippen molar-refractivity contribution in [2.45, 2.75) is 20.0 Å². The lowest BCUT2D eigenvalue weighted by molar-refractivity contribution is 0.0922. The van der Waals surface area contributed by atoms with E-state index >= 15 is 0 Å². The van der Waals surface area contributed by atoms with Crippen LogP contribution in [0.25, 0.3) is 0 Å². The largest absolute Gasteiger partial charge is 0.394 e. The predicted molar refractivity (Wildman–Crippen MR) is 73.4 cm³/mol. The Kier molecular flexibility index (Phi) is 8.40. The van der Waals surface area contributed by atoms with Gasteiger partial charge in [-0.05, 0) is 13.3 Å². The number of halogens is 1. The van der Waals surface area contributed by atoms with Gasteiger partial charge in [-0.2, -0.15) is 0 Å². The van der Waals surface area contributed by atoms with E-state index in [-0.39, 0.29) is 6.61 Å². The highest BCUT2D eigenvalue weighted by atomic mass is 35.5. The van der Waals surface area contributed by atoms with Gasteiger partial charge in [-0.1, -0.05) is 11.6 Å². The number of rotatable bonds is 10. The molecule has 0 fully saturated rings. The molecule has 0 saturated carbocycles. The molecule has 0 atom stereocenters. The van der Waals surface area contributed by atoms with Crippen LogP contribution < -0.4 is 5.32 Å². The smallest absolute Gasteiger partial charge is 0.158 e. The average Bonchev–Trinajstić information content (AvgIpc) is 2.40. The van der Waals surface area contributed by atoms with Crippen molar-refractivity contribution in [2.24, 2.45) is 0 Å². The zero-order valence-electron chi connectivity index (χ0n) is 11.1. The van der Waals surface area contributed by atoms with Crippen molar-refractivity contribution in [2.75, 3.05) is 38.3 Å². The summed E-state index contributed by atoms with van der Waals surface area (Å²) >= 11 is 5.91. The Hall–Kier alpha value is -0.950. The van der Waals surface area contributed by atoms with Crippen LogP contribution in [0.15, 0.2) is 6.07 Å². The van der Waals surface area contributed by atoms with E-state index in [4.69, 9.17) is 26.2 Å². The fraction of sp³-hybridized carbons (Fsp3) is 0.667. The Morgan fingerprint density at radius 1 is 1.32 bits per heavy atom. The summed E-state index contributed by atoms with van der Waals surface area (Å²) in [5.74, 6) is 1.24. The number of nitrogens with one attached hydrogen (secondary N) is 1. The van der Waals surface area contributed by atoms with Crippen LogP contribution in [-0.4, -0.2) is 48.0 Å². The van der Waals surface area contributed by atoms with Gasteiger partial charge in [0.2, 0.25) is 0 Å². The number of aliphatic hydroxyl groups is 1. The number of aromatic nitrogens is 2. The molecule has 0 spiro atoms. The van der Waals surface area contributed by atoms with Crippen molar-refractivity contribution >= 4 is 17.4 Å². The normalized spacial score (nSPS) is 10.7. The summed E-state index contributed by atoms with van der Waals surface area (Å²) in [5, 5.41) is 12.1. The van der Waals surface area contributed by atoms with Gasteiger partial charge >= 0.3 is 0 Å². The zero-order chi connectivity index (χ0) is 13.9. The first-order chi connectivity index (χ1) is 9.26. The van der Waals surface area contributed by atoms with E-state index in [9.17, 15) is 0 Å². The second kappa shape index (κ2) is 9.91. The molecular weight excluding hydrogens is 270 g/mol. The molecule has 1 aromatic rings. The van der Waals surface area contributed by atoms with Crippen molar-refractivity contribution < 1.29 is 14.6 Å². The Labute approximate surface area is 118 Å². The molecule has 19 heavy (non-hydrogen) atoms. The summed E-state index contributed by atoms with van der Waals surface area (Å²) in [5.41, 5.74) is 0. The first-order valence-corrected chi connectivity index (χ1v) is 6.67. The van der Waals surface area contributed by atoms with Crippen molar-refractivity contribution in [3.05, 3.63) is 17.0 Å². The van der Waals surface area contributed by atoms with Crippen LogP contribution in [-0.2, 0) is 16.1 Å². The molecule has 1 aromatic heterocycles. The molecule has 0 aliphatic heterocycles. The number of aliphatic hydroxyl groups excluding tert-OH is 1. The van der Waals surface area contributed by atoms with Gasteiger partial charge in [0.25, 0.3) is 0 Å². The maximum atomic E-state index is 8.55. The topological polar surface area (TPSA) is 76.5 Å². The first-order valence-electron chi connectivity index (χ1n) is 6.30. The Bertz CT molecular complexity index is 366. The minimum absolute atomic E-state index is 0.0513. The van der Waals surface area contributed by atoms with Crippen LogP contribution in [0.1, 0.15) is 19.2 Å². The molecule has 0 unspecified atom stereocenters. The summed E-state index contributed by atoms with van der Waals surface area (Å²) in [6.07, 6.45) is 0.822. The molecule has 1 heterocycles. The minimum atomic E-state index is 0.0513. The molecule has 0 bridgehead atoms. The summed E-state index contributed by atoms with van der Waals surface area (Å²) in [6.45, 7) is 4.61. The van der Waals surface area contributed by atoms with Crippen LogP contribution >= 0.6 is 11.6 Å². The highest BCUT2D eigenvalue weighted by Crippen LogP contribution is 2.12. The molecule has 0 saturated heterocycles. The molecule has 7 heteroatoms. The number of nitrogens with zero attached hydrogens (tertiary/aromatic N) is 2. The predicted octanol–water partition coefficient (Wildman–Crippen LogP) is 1.48. The SMILES string of the molecule is CCOCc1nc(Cl)cc(NCCCOCCO)n1. The number of hydrogen-bond acceptors (Lipinski definition) is 6. The van der Waals surface area contributed by atoms with Crippen LogP contribution in [0.5, 0.6) is 0 Å². The van der Waals surface area contributed by atoms with E-state index in [0.717, 1.165) is 6.42 Å². The van der Waals surface area contributed by atoms with Crippen LogP contribution in [0.3, 0.4) is 0 Å². The fourth-order valence-electron chi connectivity index (χ4n) is 1.37. The lowest BCUT2D eigenvalue weighted by Gasteiger charge is -2.08. The summed E-state index contributed by atoms with van der Waals surface area (Å²) < 4.78 is 10.4. The van der Waals surface area contributed by atoms with Gasteiger partial charge in [-0.15, -0.1) is 0 Å². The third-order valence-corrected chi connectivity index (χ3v) is 2.38. The van der Waals surface area contributed by atoms with E-state index in [2.05, 4.69) is 15.3 Å². The van der Waals surface area contributed by atoms with Crippen LogP contribution in [0.4, 0.5) is 5.82 Å². The Balaban J connectivity index is 2.34. The van der Waals surface area contributed by atoms with E-state index in [1.807, 2.05) is 6.92 Å². The quantitative estimate of drug-likeness (QED) is 0.502. The third kappa shape index (κ3) is 7.27. The molecule has 1 rings (SSSR count). The van der Waals surface area contributed by atoms with E-state index in [0.29, 0.717) is 49.8 Å². The lowest BCUT2D eigenvalue weighted by Crippen LogP contribution is -2.10. The highest BCUT2D eigenvalue weighted by Gasteiger charge is 2.03. The second-order valence-corrected chi connectivity index (χ2v) is 4.13. The second-order valence-electron chi connectivity index (χ2n) is 3.75. The van der Waals surface area contributed by atoms with Gasteiger partial charge in [0, 0.05) is 25.8 Å². The van der Waals surface area contributed by atoms with Gasteiger partial charge < -0.3 is 19.9 Å². The van der Waals surface area contributed by atoms with E-state index in [1.54, 1.807) is 6.07 Å². The molecule has 2 N–H and O–H groups in total. The third-order valence-electron chi connectivity index (χ3n) is 2.18. The first kappa shape index (κ1) is 16.1. The molecule has 0 radical (unpaired) electrons. The van der Waals surface area contributed by atoms with Crippen LogP contribution in [0.2, 0.25) is 5.15 Å². The molecule has 0 aliphatic rings. The van der Waals surface area contributed by atoms with Crippen molar-refractivity contribution in [3.8, 4) is 0 Å². The molecule has 0 aromatic carbocycles. The van der Waals surface area contributed by atoms with Gasteiger partial charge in [0.1, 0.15) is 17.6 Å². The highest BCUT2D eigenvalue weighted by molar-refractivity contribution is 6.29. The summed E-state index contributed by atoms with van der Waals surface area (Å²) in [4.78, 5) is 8.37. The van der Waals surface area contributed by atoms with E-state index in [1.165, 1.54) is 0 Å². The maximum Gasteiger partial charge on any atom is 0.158 e. The van der Waals surface area contributed by atoms with Gasteiger partial charge in [-0.3, -0.25) is 0 Å². The minimum Gasteiger partial charge on any atom is -0.394 e. The monoisotopic (exact) mass is 289 g/mol. The average molecular weight is 290 g/mol. The number of hydrogen-bond donors (Lipinski definition) is 2. The lowest BCUT2D eigenvalue weighted by atomic mass is 10.4. The molecular formula is C12H20ClN3O3. The maximum absolute atomic E-state index is 8.55. The summed E-state index contributed by atoms with van der Waals surface area (Å²) in [7, 11) is 0. The van der Waals surface area contributed by atoms with Gasteiger partial charge in [-0.25, -0.2) is 9.97 Å². The molecule has 0 amide bonds. The Morgan fingerprint density at radius 3 is 2.89 bits per heavy atom. The summed E-state index contributed by atoms with van der Waals surface area (Å²) in [6, 6.07) is 1.67. The van der Waals surface area contributed by atoms with E-state index < -0.39 is 0 Å². The number of ether oxygens (including phenoxy) is 2. The molecule has 6 nitrogen and oxygen atoms in total. The molecule has 108 valence electrons. The zero-order valence-corrected chi connectivity index (χ0v) is 11.8. The standard InChI is InChI=1S/C12H20ClN3O3/c1-2-18-9-12-15-10(13)8-11(16-12)14-4-3-6-19-7-5-17/h8,17H,2-7,9H2,1H3,(H,14,15,16). The fourth-order valence-corrected chi connectivity index (χ4v) is 1.57. The van der Waals surface area contributed by atoms with Crippen molar-refractivity contribution in [1.82, 2.24) is 9.97 Å². The van der Waals surface area contributed by atoms with Crippen LogP contribution in [0, 0.1) is 0 Å². The Morgan fingerprint density at radius 2 is 2.16 bits per heavy atom. The number of anilines is 1. The van der Waals surface area contributed by atoms with Gasteiger partial charge in [0.05, 0.1) is 13.2 Å².